The molecule has 1 aliphatic carbocycles. The lowest BCUT2D eigenvalue weighted by atomic mass is 10.2. The van der Waals surface area contributed by atoms with Crippen LogP contribution in [0, 0.1) is 0 Å². The van der Waals surface area contributed by atoms with Gasteiger partial charge in [-0.1, -0.05) is 37.1 Å². The predicted molar refractivity (Wildman–Crippen MR) is 103 cm³/mol. The average molecular weight is 410 g/mol. The molecule has 0 radical (unpaired) electrons. The molecule has 5 heteroatoms. The highest BCUT2D eigenvalue weighted by Crippen LogP contribution is 2.17. The molecule has 0 bridgehead atoms. The van der Waals surface area contributed by atoms with Gasteiger partial charge in [0.2, 0.25) is 0 Å². The monoisotopic (exact) mass is 410 g/mol. The van der Waals surface area contributed by atoms with E-state index in [0.29, 0.717) is 18.5 Å². The molecule has 2 aromatic rings. The van der Waals surface area contributed by atoms with Crippen LogP contribution in [-0.2, 0) is 6.42 Å². The standard InChI is InChI=1S/C17H22N4.HI/c18-17(21-14-6-2-3-7-14)19-12-11-15-10-9-13-5-1-4-8-16(13)20-15;/h1,4-5,8-10,14H,2-3,6-7,11-12H2,(H3,18,19,21);1H. The molecule has 3 rings (SSSR count). The van der Waals surface area contributed by atoms with E-state index in [1.807, 2.05) is 18.2 Å². The van der Waals surface area contributed by atoms with Crippen LogP contribution in [0.2, 0.25) is 0 Å². The number of guanidine groups is 1. The Labute approximate surface area is 148 Å². The third-order valence-corrected chi connectivity index (χ3v) is 4.01. The number of fused-ring (bicyclic) bond motifs is 1. The predicted octanol–water partition coefficient (Wildman–Crippen LogP) is 3.24. The van der Waals surface area contributed by atoms with Gasteiger partial charge in [0.15, 0.2) is 5.96 Å². The molecule has 22 heavy (non-hydrogen) atoms. The quantitative estimate of drug-likeness (QED) is 0.462. The second-order valence-corrected chi connectivity index (χ2v) is 5.64. The summed E-state index contributed by atoms with van der Waals surface area (Å²) in [6, 6.07) is 12.9. The zero-order valence-electron chi connectivity index (χ0n) is 12.7. The van der Waals surface area contributed by atoms with Gasteiger partial charge in [0.1, 0.15) is 0 Å². The Hall–Kier alpha value is -1.37. The molecule has 1 aliphatic rings. The summed E-state index contributed by atoms with van der Waals surface area (Å²) in [6.45, 7) is 0.677. The molecule has 1 aromatic heterocycles. The third kappa shape index (κ3) is 4.56. The Kier molecular flexibility index (Phi) is 6.42. The Morgan fingerprint density at radius 2 is 1.95 bits per heavy atom. The second-order valence-electron chi connectivity index (χ2n) is 5.64. The van der Waals surface area contributed by atoms with E-state index in [-0.39, 0.29) is 24.0 Å². The number of aromatic nitrogens is 1. The topological polar surface area (TPSA) is 63.3 Å². The minimum absolute atomic E-state index is 0. The van der Waals surface area contributed by atoms with Crippen molar-refractivity contribution < 1.29 is 0 Å². The van der Waals surface area contributed by atoms with Gasteiger partial charge in [-0.2, -0.15) is 0 Å². The number of nitrogens with two attached hydrogens (primary N) is 1. The van der Waals surface area contributed by atoms with Gasteiger partial charge in [-0.05, 0) is 25.0 Å². The van der Waals surface area contributed by atoms with Crippen molar-refractivity contribution in [3.8, 4) is 0 Å². The molecule has 0 aliphatic heterocycles. The lowest BCUT2D eigenvalue weighted by molar-refractivity contribution is 0.625. The van der Waals surface area contributed by atoms with Crippen LogP contribution in [0.1, 0.15) is 31.4 Å². The van der Waals surface area contributed by atoms with Gasteiger partial charge in [0.05, 0.1) is 5.52 Å². The van der Waals surface area contributed by atoms with Crippen LogP contribution in [0.25, 0.3) is 10.9 Å². The van der Waals surface area contributed by atoms with Gasteiger partial charge >= 0.3 is 0 Å². The van der Waals surface area contributed by atoms with Gasteiger partial charge < -0.3 is 11.1 Å². The van der Waals surface area contributed by atoms with E-state index in [1.165, 1.54) is 31.1 Å². The summed E-state index contributed by atoms with van der Waals surface area (Å²) in [5, 5.41) is 4.48. The largest absolute Gasteiger partial charge is 0.370 e. The first-order valence-corrected chi connectivity index (χ1v) is 7.72. The van der Waals surface area contributed by atoms with E-state index in [2.05, 4.69) is 33.5 Å². The number of aliphatic imine (C=N–C) groups is 1. The van der Waals surface area contributed by atoms with E-state index in [0.717, 1.165) is 17.6 Å². The zero-order valence-corrected chi connectivity index (χ0v) is 15.0. The van der Waals surface area contributed by atoms with Gasteiger partial charge in [0.25, 0.3) is 0 Å². The molecule has 0 unspecified atom stereocenters. The van der Waals surface area contributed by atoms with Crippen LogP contribution >= 0.6 is 24.0 Å². The first-order chi connectivity index (χ1) is 10.3. The number of benzene rings is 1. The average Bonchev–Trinajstić information content (AvgIpc) is 3.00. The third-order valence-electron chi connectivity index (χ3n) is 4.01. The minimum Gasteiger partial charge on any atom is -0.370 e. The number of hydrogen-bond donors (Lipinski definition) is 2. The number of nitrogens with one attached hydrogen (secondary N) is 1. The lowest BCUT2D eigenvalue weighted by Crippen LogP contribution is -2.38. The molecular formula is C17H23IN4. The molecule has 1 aromatic carbocycles. The lowest BCUT2D eigenvalue weighted by Gasteiger charge is -2.12. The molecule has 0 spiro atoms. The second kappa shape index (κ2) is 8.31. The van der Waals surface area contributed by atoms with Crippen molar-refractivity contribution in [3.05, 3.63) is 42.1 Å². The van der Waals surface area contributed by atoms with Crippen molar-refractivity contribution in [3.63, 3.8) is 0 Å². The van der Waals surface area contributed by atoms with Gasteiger partial charge in [-0.3, -0.25) is 9.98 Å². The Morgan fingerprint density at radius 3 is 2.77 bits per heavy atom. The fraction of sp³-hybridized carbons (Fsp3) is 0.412. The van der Waals surface area contributed by atoms with Crippen molar-refractivity contribution in [2.24, 2.45) is 10.7 Å². The molecule has 0 saturated heterocycles. The molecule has 4 nitrogen and oxygen atoms in total. The van der Waals surface area contributed by atoms with Crippen LogP contribution in [0.3, 0.4) is 0 Å². The molecular weight excluding hydrogens is 387 g/mol. The Morgan fingerprint density at radius 1 is 1.18 bits per heavy atom. The maximum Gasteiger partial charge on any atom is 0.188 e. The summed E-state index contributed by atoms with van der Waals surface area (Å²) in [5.41, 5.74) is 8.03. The molecule has 3 N–H and O–H groups in total. The van der Waals surface area contributed by atoms with Crippen LogP contribution in [0.4, 0.5) is 0 Å². The first-order valence-electron chi connectivity index (χ1n) is 7.72. The number of hydrogen-bond acceptors (Lipinski definition) is 2. The molecule has 0 atom stereocenters. The van der Waals surface area contributed by atoms with Crippen LogP contribution < -0.4 is 11.1 Å². The van der Waals surface area contributed by atoms with E-state index in [4.69, 9.17) is 5.73 Å². The molecule has 1 heterocycles. The van der Waals surface area contributed by atoms with E-state index >= 15 is 0 Å². The van der Waals surface area contributed by atoms with Gasteiger partial charge in [-0.25, -0.2) is 0 Å². The normalized spacial score (nSPS) is 15.7. The van der Waals surface area contributed by atoms with Crippen molar-refractivity contribution in [2.75, 3.05) is 6.54 Å². The van der Waals surface area contributed by atoms with Crippen molar-refractivity contribution >= 4 is 40.8 Å². The molecule has 1 fully saturated rings. The fourth-order valence-corrected chi connectivity index (χ4v) is 2.86. The molecule has 1 saturated carbocycles. The fourth-order valence-electron chi connectivity index (χ4n) is 2.86. The minimum atomic E-state index is 0. The Balaban J connectivity index is 0.00000176. The molecule has 0 amide bonds. The van der Waals surface area contributed by atoms with Crippen LogP contribution in [-0.4, -0.2) is 23.5 Å². The van der Waals surface area contributed by atoms with E-state index in [9.17, 15) is 0 Å². The van der Waals surface area contributed by atoms with Crippen molar-refractivity contribution in [2.45, 2.75) is 38.1 Å². The van der Waals surface area contributed by atoms with Crippen LogP contribution in [0.5, 0.6) is 0 Å². The summed E-state index contributed by atoms with van der Waals surface area (Å²) in [5.74, 6) is 0.572. The van der Waals surface area contributed by atoms with Gasteiger partial charge in [0, 0.05) is 30.1 Å². The van der Waals surface area contributed by atoms with Crippen LogP contribution in [0.15, 0.2) is 41.4 Å². The summed E-state index contributed by atoms with van der Waals surface area (Å²) in [7, 11) is 0. The number of pyridine rings is 1. The van der Waals surface area contributed by atoms with E-state index < -0.39 is 0 Å². The highest BCUT2D eigenvalue weighted by molar-refractivity contribution is 14.0. The smallest absolute Gasteiger partial charge is 0.188 e. The van der Waals surface area contributed by atoms with E-state index in [1.54, 1.807) is 0 Å². The number of nitrogens with zero attached hydrogens (tertiary/aromatic N) is 2. The maximum atomic E-state index is 5.93. The summed E-state index contributed by atoms with van der Waals surface area (Å²) >= 11 is 0. The van der Waals surface area contributed by atoms with Crippen molar-refractivity contribution in [1.82, 2.24) is 10.3 Å². The summed E-state index contributed by atoms with van der Waals surface area (Å²) in [6.07, 6.45) is 5.83. The number of rotatable bonds is 4. The summed E-state index contributed by atoms with van der Waals surface area (Å²) in [4.78, 5) is 9.05. The maximum absolute atomic E-state index is 5.93. The molecule has 118 valence electrons. The highest BCUT2D eigenvalue weighted by Gasteiger charge is 2.14. The first kappa shape index (κ1) is 17.0. The number of para-hydroxylation sites is 1. The summed E-state index contributed by atoms with van der Waals surface area (Å²) < 4.78 is 0. The van der Waals surface area contributed by atoms with Crippen molar-refractivity contribution in [1.29, 1.82) is 0 Å². The zero-order chi connectivity index (χ0) is 14.5. The number of halogens is 1. The highest BCUT2D eigenvalue weighted by atomic mass is 127. The van der Waals surface area contributed by atoms with Gasteiger partial charge in [-0.15, -0.1) is 24.0 Å². The SMILES string of the molecule is I.NC(=NCCc1ccc2ccccc2n1)NC1CCCC1. The Bertz CT molecular complexity index is 635.